The number of hydrogen-bond acceptors (Lipinski definition) is 5. The largest absolute Gasteiger partial charge is 0.477 e. The summed E-state index contributed by atoms with van der Waals surface area (Å²) < 4.78 is 5.73. The topological polar surface area (TPSA) is 108 Å². The second-order valence-corrected chi connectivity index (χ2v) is 8.54. The first-order valence-corrected chi connectivity index (χ1v) is 10.9. The number of nitrogens with one attached hydrogen (secondary N) is 2. The molecule has 0 bridgehead atoms. The van der Waals surface area contributed by atoms with E-state index in [0.717, 1.165) is 10.5 Å². The van der Waals surface area contributed by atoms with Crippen LogP contribution in [0.2, 0.25) is 0 Å². The summed E-state index contributed by atoms with van der Waals surface area (Å²) in [7, 11) is 1.49. The van der Waals surface area contributed by atoms with Crippen molar-refractivity contribution in [2.45, 2.75) is 30.9 Å². The zero-order valence-electron chi connectivity index (χ0n) is 18.2. The fourth-order valence-corrected chi connectivity index (χ4v) is 4.83. The van der Waals surface area contributed by atoms with Crippen LogP contribution < -0.4 is 20.3 Å². The van der Waals surface area contributed by atoms with Crippen LogP contribution in [-0.2, 0) is 27.2 Å². The number of urea groups is 1. The Morgan fingerprint density at radius 2 is 1.85 bits per heavy atom. The summed E-state index contributed by atoms with van der Waals surface area (Å²) in [5.41, 5.74) is 1.67. The highest BCUT2D eigenvalue weighted by molar-refractivity contribution is 6.11. The Labute approximate surface area is 190 Å². The number of imide groups is 1. The van der Waals surface area contributed by atoms with Gasteiger partial charge in [-0.05, 0) is 36.1 Å². The summed E-state index contributed by atoms with van der Waals surface area (Å²) in [6.45, 7) is -0.430. The van der Waals surface area contributed by atoms with Gasteiger partial charge in [-0.3, -0.25) is 19.3 Å². The van der Waals surface area contributed by atoms with Crippen LogP contribution >= 0.6 is 0 Å². The molecular formula is C24H24N4O5. The lowest BCUT2D eigenvalue weighted by Crippen LogP contribution is -2.53. The highest BCUT2D eigenvalue weighted by atomic mass is 16.5. The van der Waals surface area contributed by atoms with Gasteiger partial charge in [0.2, 0.25) is 5.91 Å². The second kappa shape index (κ2) is 7.91. The fraction of sp³-hybridized carbons (Fsp3) is 0.333. The third-order valence-electron chi connectivity index (χ3n) is 6.58. The third kappa shape index (κ3) is 3.49. The van der Waals surface area contributed by atoms with Gasteiger partial charge in [0.15, 0.2) is 6.10 Å². The van der Waals surface area contributed by atoms with Gasteiger partial charge in [0.1, 0.15) is 17.8 Å². The third-order valence-corrected chi connectivity index (χ3v) is 6.58. The molecule has 1 spiro atoms. The Kier molecular flexibility index (Phi) is 5.03. The molecule has 0 radical (unpaired) electrons. The van der Waals surface area contributed by atoms with Crippen molar-refractivity contribution >= 4 is 29.4 Å². The summed E-state index contributed by atoms with van der Waals surface area (Å²) in [5, 5.41) is 5.38. The highest BCUT2D eigenvalue weighted by Gasteiger charge is 2.53. The molecule has 2 aromatic rings. The van der Waals surface area contributed by atoms with Crippen molar-refractivity contribution in [3.8, 4) is 5.75 Å². The number of hydrogen-bond donors (Lipinski definition) is 2. The Morgan fingerprint density at radius 1 is 1.12 bits per heavy atom. The Balaban J connectivity index is 1.37. The van der Waals surface area contributed by atoms with Crippen molar-refractivity contribution in [1.29, 1.82) is 0 Å². The number of carbonyl (C=O) groups is 4. The molecule has 0 saturated carbocycles. The van der Waals surface area contributed by atoms with E-state index in [1.54, 1.807) is 24.3 Å². The van der Waals surface area contributed by atoms with Crippen LogP contribution in [0.25, 0.3) is 0 Å². The molecule has 5 amide bonds. The average Bonchev–Trinajstić information content (AvgIpc) is 3.06. The predicted molar refractivity (Wildman–Crippen MR) is 119 cm³/mol. The fourth-order valence-electron chi connectivity index (χ4n) is 4.83. The molecule has 2 aromatic carbocycles. The number of para-hydroxylation sites is 2. The number of benzene rings is 2. The number of anilines is 1. The van der Waals surface area contributed by atoms with E-state index in [1.807, 2.05) is 24.3 Å². The smallest absolute Gasteiger partial charge is 0.325 e. The number of ether oxygens (including phenoxy) is 1. The maximum atomic E-state index is 13.4. The number of carbonyl (C=O) groups excluding carboxylic acids is 4. The normalized spacial score (nSPS) is 23.5. The molecular weight excluding hydrogens is 424 g/mol. The van der Waals surface area contributed by atoms with Gasteiger partial charge in [-0.15, -0.1) is 0 Å². The Morgan fingerprint density at radius 3 is 2.64 bits per heavy atom. The van der Waals surface area contributed by atoms with Crippen LogP contribution in [0.5, 0.6) is 5.75 Å². The summed E-state index contributed by atoms with van der Waals surface area (Å²) in [4.78, 5) is 54.0. The zero-order valence-corrected chi connectivity index (χ0v) is 18.2. The van der Waals surface area contributed by atoms with E-state index >= 15 is 0 Å². The monoisotopic (exact) mass is 448 g/mol. The first kappa shape index (κ1) is 21.0. The van der Waals surface area contributed by atoms with E-state index in [1.165, 1.54) is 17.5 Å². The number of rotatable bonds is 3. The van der Waals surface area contributed by atoms with E-state index in [4.69, 9.17) is 4.74 Å². The molecule has 1 saturated heterocycles. The SMILES string of the molecule is CNC(=O)C1CN(C(=O)CN2C(=O)NC3(CCc4ccccc4C3)C2=O)c2ccccc2O1. The summed E-state index contributed by atoms with van der Waals surface area (Å²) in [6.07, 6.45) is 0.670. The molecule has 2 N–H and O–H groups in total. The summed E-state index contributed by atoms with van der Waals surface area (Å²) in [5.74, 6) is -0.823. The van der Waals surface area contributed by atoms with Gasteiger partial charge in [0.05, 0.1) is 12.2 Å². The van der Waals surface area contributed by atoms with Gasteiger partial charge in [0.25, 0.3) is 11.8 Å². The quantitative estimate of drug-likeness (QED) is 0.682. The minimum atomic E-state index is -1.03. The molecule has 33 heavy (non-hydrogen) atoms. The zero-order chi connectivity index (χ0) is 23.2. The molecule has 1 aliphatic carbocycles. The first-order chi connectivity index (χ1) is 15.9. The molecule has 2 atom stereocenters. The number of likely N-dealkylation sites (N-methyl/N-ethyl adjacent to an activating group) is 1. The predicted octanol–water partition coefficient (Wildman–Crippen LogP) is 1.01. The number of aryl methyl sites for hydroxylation is 1. The van der Waals surface area contributed by atoms with Gasteiger partial charge in [-0.25, -0.2) is 4.79 Å². The van der Waals surface area contributed by atoms with Crippen LogP contribution in [0.3, 0.4) is 0 Å². The molecule has 3 aliphatic rings. The van der Waals surface area contributed by atoms with Crippen LogP contribution in [0.4, 0.5) is 10.5 Å². The van der Waals surface area contributed by atoms with E-state index in [-0.39, 0.29) is 18.4 Å². The van der Waals surface area contributed by atoms with E-state index in [2.05, 4.69) is 10.6 Å². The Hall–Kier alpha value is -3.88. The lowest BCUT2D eigenvalue weighted by molar-refractivity contribution is -0.135. The molecule has 9 nitrogen and oxygen atoms in total. The van der Waals surface area contributed by atoms with E-state index < -0.39 is 30.1 Å². The lowest BCUT2D eigenvalue weighted by Gasteiger charge is -2.35. The van der Waals surface area contributed by atoms with Crippen molar-refractivity contribution in [2.75, 3.05) is 25.0 Å². The van der Waals surface area contributed by atoms with Gasteiger partial charge in [-0.2, -0.15) is 0 Å². The number of amides is 5. The summed E-state index contributed by atoms with van der Waals surface area (Å²) in [6, 6.07) is 14.2. The number of fused-ring (bicyclic) bond motifs is 2. The Bertz CT molecular complexity index is 1170. The molecule has 2 aliphatic heterocycles. The number of nitrogens with zero attached hydrogens (tertiary/aromatic N) is 2. The van der Waals surface area contributed by atoms with Gasteiger partial charge in [-0.1, -0.05) is 36.4 Å². The van der Waals surface area contributed by atoms with Gasteiger partial charge < -0.3 is 20.3 Å². The van der Waals surface area contributed by atoms with Crippen molar-refractivity contribution in [3.05, 3.63) is 59.7 Å². The molecule has 0 aromatic heterocycles. The molecule has 170 valence electrons. The van der Waals surface area contributed by atoms with Crippen molar-refractivity contribution in [3.63, 3.8) is 0 Å². The molecule has 1 fully saturated rings. The van der Waals surface area contributed by atoms with Crippen molar-refractivity contribution < 1.29 is 23.9 Å². The van der Waals surface area contributed by atoms with E-state index in [9.17, 15) is 19.2 Å². The van der Waals surface area contributed by atoms with E-state index in [0.29, 0.717) is 30.7 Å². The molecule has 5 rings (SSSR count). The molecule has 9 heteroatoms. The van der Waals surface area contributed by atoms with Crippen LogP contribution in [0, 0.1) is 0 Å². The maximum absolute atomic E-state index is 13.4. The van der Waals surface area contributed by atoms with Crippen molar-refractivity contribution in [1.82, 2.24) is 15.5 Å². The second-order valence-electron chi connectivity index (χ2n) is 8.54. The standard InChI is InChI=1S/C24H24N4O5/c1-25-21(30)19-13-27(17-8-4-5-9-18(17)33-19)20(29)14-28-22(31)24(26-23(28)32)11-10-15-6-2-3-7-16(15)12-24/h2-9,19H,10-14H2,1H3,(H,25,30)(H,26,32). The highest BCUT2D eigenvalue weighted by Crippen LogP contribution is 2.35. The lowest BCUT2D eigenvalue weighted by atomic mass is 9.78. The molecule has 2 heterocycles. The van der Waals surface area contributed by atoms with Crippen molar-refractivity contribution in [2.24, 2.45) is 0 Å². The van der Waals surface area contributed by atoms with Gasteiger partial charge in [0, 0.05) is 13.5 Å². The van der Waals surface area contributed by atoms with Gasteiger partial charge >= 0.3 is 6.03 Å². The van der Waals surface area contributed by atoms with Crippen LogP contribution in [0.1, 0.15) is 17.5 Å². The summed E-state index contributed by atoms with van der Waals surface area (Å²) >= 11 is 0. The minimum Gasteiger partial charge on any atom is -0.477 e. The first-order valence-electron chi connectivity index (χ1n) is 10.9. The average molecular weight is 448 g/mol. The van der Waals surface area contributed by atoms with Crippen LogP contribution in [-0.4, -0.2) is 60.4 Å². The van der Waals surface area contributed by atoms with Crippen LogP contribution in [0.15, 0.2) is 48.5 Å². The minimum absolute atomic E-state index is 0.0162. The molecule has 2 unspecified atom stereocenters. The maximum Gasteiger partial charge on any atom is 0.325 e.